The summed E-state index contributed by atoms with van der Waals surface area (Å²) in [6, 6.07) is 6.54. The molecule has 0 N–H and O–H groups in total. The maximum absolute atomic E-state index is 12.4. The molecule has 1 aromatic carbocycles. The number of hydrogen-bond donors (Lipinski definition) is 0. The number of ether oxygens (including phenoxy) is 2. The van der Waals surface area contributed by atoms with Crippen LogP contribution >= 0.6 is 0 Å². The van der Waals surface area contributed by atoms with Crippen molar-refractivity contribution in [1.82, 2.24) is 0 Å². The van der Waals surface area contributed by atoms with Crippen molar-refractivity contribution in [2.24, 2.45) is 0 Å². The Kier molecular flexibility index (Phi) is 2.62. The van der Waals surface area contributed by atoms with Crippen molar-refractivity contribution in [2.75, 3.05) is 7.11 Å². The summed E-state index contributed by atoms with van der Waals surface area (Å²) in [7, 11) is 1.32. The Labute approximate surface area is 115 Å². The molecule has 0 aromatic heterocycles. The van der Waals surface area contributed by atoms with Crippen molar-refractivity contribution in [2.45, 2.75) is 19.1 Å². The van der Waals surface area contributed by atoms with E-state index in [1.165, 1.54) is 14.0 Å². The predicted octanol–water partition coefficient (Wildman–Crippen LogP) is 1.67. The van der Waals surface area contributed by atoms with Crippen LogP contribution in [0.5, 0.6) is 0 Å². The molecule has 0 saturated heterocycles. The Hall–Kier alpha value is -2.27. The first-order valence-corrected chi connectivity index (χ1v) is 6.17. The first kappa shape index (κ1) is 12.7. The molecule has 0 radical (unpaired) electrons. The van der Waals surface area contributed by atoms with Crippen molar-refractivity contribution >= 4 is 17.3 Å². The fraction of sp³-hybridized carbons (Fsp3) is 0.267. The van der Waals surface area contributed by atoms with Crippen LogP contribution in [0, 0.1) is 0 Å². The average molecular weight is 272 g/mol. The summed E-state index contributed by atoms with van der Waals surface area (Å²) < 4.78 is 10.6. The van der Waals surface area contributed by atoms with Gasteiger partial charge < -0.3 is 9.47 Å². The van der Waals surface area contributed by atoms with Gasteiger partial charge in [0.2, 0.25) is 11.6 Å². The van der Waals surface area contributed by atoms with E-state index >= 15 is 0 Å². The van der Waals surface area contributed by atoms with E-state index in [1.807, 2.05) is 0 Å². The van der Waals surface area contributed by atoms with Crippen LogP contribution in [0.15, 0.2) is 35.6 Å². The zero-order valence-electron chi connectivity index (χ0n) is 11.1. The van der Waals surface area contributed by atoms with Crippen LogP contribution in [-0.4, -0.2) is 30.2 Å². The second-order valence-electron chi connectivity index (χ2n) is 4.80. The van der Waals surface area contributed by atoms with Crippen LogP contribution in [0.4, 0.5) is 0 Å². The lowest BCUT2D eigenvalue weighted by Gasteiger charge is -2.24. The SMILES string of the molecule is COC1(C(C)=O)CC2=C(O1)C(=O)c1ccccc1C2=O. The molecule has 2 aliphatic rings. The summed E-state index contributed by atoms with van der Waals surface area (Å²) >= 11 is 0. The summed E-state index contributed by atoms with van der Waals surface area (Å²) in [5.41, 5.74) is 0.854. The fourth-order valence-electron chi connectivity index (χ4n) is 2.56. The van der Waals surface area contributed by atoms with Gasteiger partial charge in [-0.2, -0.15) is 0 Å². The van der Waals surface area contributed by atoms with Crippen molar-refractivity contribution in [1.29, 1.82) is 0 Å². The highest BCUT2D eigenvalue weighted by Gasteiger charge is 2.51. The molecule has 0 spiro atoms. The van der Waals surface area contributed by atoms with Gasteiger partial charge in [-0.25, -0.2) is 0 Å². The molecule has 5 heteroatoms. The Bertz CT molecular complexity index is 636. The molecule has 3 rings (SSSR count). The van der Waals surface area contributed by atoms with E-state index in [0.29, 0.717) is 11.1 Å². The van der Waals surface area contributed by atoms with Crippen LogP contribution < -0.4 is 0 Å². The fourth-order valence-corrected chi connectivity index (χ4v) is 2.56. The topological polar surface area (TPSA) is 69.7 Å². The van der Waals surface area contributed by atoms with Crippen molar-refractivity contribution in [3.05, 3.63) is 46.7 Å². The summed E-state index contributed by atoms with van der Waals surface area (Å²) in [5.74, 6) is -2.66. The van der Waals surface area contributed by atoms with Crippen molar-refractivity contribution in [3.8, 4) is 0 Å². The van der Waals surface area contributed by atoms with Crippen LogP contribution in [0.25, 0.3) is 0 Å². The van der Waals surface area contributed by atoms with Gasteiger partial charge >= 0.3 is 0 Å². The van der Waals surface area contributed by atoms with Crippen molar-refractivity contribution < 1.29 is 23.9 Å². The van der Waals surface area contributed by atoms with Gasteiger partial charge in [0.25, 0.3) is 5.79 Å². The van der Waals surface area contributed by atoms with E-state index in [1.54, 1.807) is 24.3 Å². The molecule has 0 amide bonds. The molecule has 5 nitrogen and oxygen atoms in total. The number of fused-ring (bicyclic) bond motifs is 1. The molecule has 1 aliphatic carbocycles. The Morgan fingerprint density at radius 3 is 2.35 bits per heavy atom. The predicted molar refractivity (Wildman–Crippen MR) is 68.3 cm³/mol. The Morgan fingerprint density at radius 2 is 1.80 bits per heavy atom. The van der Waals surface area contributed by atoms with Crippen LogP contribution in [0.1, 0.15) is 34.1 Å². The third-order valence-corrected chi connectivity index (χ3v) is 3.71. The monoisotopic (exact) mass is 272 g/mol. The smallest absolute Gasteiger partial charge is 0.274 e. The molecule has 1 unspecified atom stereocenters. The zero-order chi connectivity index (χ0) is 14.5. The first-order chi connectivity index (χ1) is 9.50. The van der Waals surface area contributed by atoms with Gasteiger partial charge in [0, 0.05) is 25.2 Å². The standard InChI is InChI=1S/C15H12O5/c1-8(16)15(19-2)7-11-12(17)9-5-3-4-6-10(9)13(18)14(11)20-15/h3-6H,7H2,1-2H3. The number of carbonyl (C=O) groups excluding carboxylic acids is 3. The summed E-state index contributed by atoms with van der Waals surface area (Å²) in [6.07, 6.45) is -0.0346. The Morgan fingerprint density at radius 1 is 1.20 bits per heavy atom. The highest BCUT2D eigenvalue weighted by Crippen LogP contribution is 2.41. The molecule has 0 bridgehead atoms. The number of carbonyl (C=O) groups is 3. The van der Waals surface area contributed by atoms with Crippen molar-refractivity contribution in [3.63, 3.8) is 0 Å². The van der Waals surface area contributed by atoms with Gasteiger partial charge in [-0.05, 0) is 0 Å². The van der Waals surface area contributed by atoms with E-state index in [-0.39, 0.29) is 35.1 Å². The molecule has 20 heavy (non-hydrogen) atoms. The van der Waals surface area contributed by atoms with E-state index in [4.69, 9.17) is 9.47 Å². The molecule has 0 fully saturated rings. The molecular weight excluding hydrogens is 260 g/mol. The minimum atomic E-state index is -1.56. The van der Waals surface area contributed by atoms with Gasteiger partial charge in [0.05, 0.1) is 12.0 Å². The van der Waals surface area contributed by atoms with E-state index in [9.17, 15) is 14.4 Å². The number of Topliss-reactive ketones (excluding diaryl/α,β-unsaturated/α-hetero) is 3. The lowest BCUT2D eigenvalue weighted by atomic mass is 9.86. The van der Waals surface area contributed by atoms with Crippen LogP contribution in [-0.2, 0) is 14.3 Å². The van der Waals surface area contributed by atoms with E-state index < -0.39 is 5.79 Å². The van der Waals surface area contributed by atoms with Gasteiger partial charge in [0.15, 0.2) is 11.5 Å². The minimum Gasteiger partial charge on any atom is -0.450 e. The maximum Gasteiger partial charge on any atom is 0.274 e. The quantitative estimate of drug-likeness (QED) is 0.819. The molecule has 1 aliphatic heterocycles. The minimum absolute atomic E-state index is 0.0346. The second kappa shape index (κ2) is 4.11. The first-order valence-electron chi connectivity index (χ1n) is 6.17. The number of methoxy groups -OCH3 is 1. The highest BCUT2D eigenvalue weighted by molar-refractivity contribution is 6.27. The lowest BCUT2D eigenvalue weighted by Crippen LogP contribution is -2.39. The van der Waals surface area contributed by atoms with Gasteiger partial charge in [-0.15, -0.1) is 0 Å². The normalized spacial score (nSPS) is 24.3. The van der Waals surface area contributed by atoms with E-state index in [0.717, 1.165) is 0 Å². The summed E-state index contributed by atoms with van der Waals surface area (Å²) in [4.78, 5) is 36.5. The lowest BCUT2D eigenvalue weighted by molar-refractivity contribution is -0.190. The third kappa shape index (κ3) is 1.50. The Balaban J connectivity index is 2.11. The molecule has 0 saturated carbocycles. The molecular formula is C15H12O5. The highest BCUT2D eigenvalue weighted by atomic mass is 16.7. The molecule has 1 atom stereocenters. The maximum atomic E-state index is 12.4. The summed E-state index contributed by atoms with van der Waals surface area (Å²) in [6.45, 7) is 1.31. The van der Waals surface area contributed by atoms with Gasteiger partial charge in [0.1, 0.15) is 0 Å². The third-order valence-electron chi connectivity index (χ3n) is 3.71. The number of allylic oxidation sites excluding steroid dienone is 1. The van der Waals surface area contributed by atoms with Crippen LogP contribution in [0.3, 0.4) is 0 Å². The number of benzene rings is 1. The van der Waals surface area contributed by atoms with Gasteiger partial charge in [-0.3, -0.25) is 14.4 Å². The largest absolute Gasteiger partial charge is 0.450 e. The molecule has 102 valence electrons. The van der Waals surface area contributed by atoms with Gasteiger partial charge in [-0.1, -0.05) is 24.3 Å². The number of hydrogen-bond acceptors (Lipinski definition) is 5. The van der Waals surface area contributed by atoms with E-state index in [2.05, 4.69) is 0 Å². The number of rotatable bonds is 2. The zero-order valence-corrected chi connectivity index (χ0v) is 11.1. The second-order valence-corrected chi connectivity index (χ2v) is 4.80. The van der Waals surface area contributed by atoms with Crippen LogP contribution in [0.2, 0.25) is 0 Å². The molecule has 1 aromatic rings. The summed E-state index contributed by atoms with van der Waals surface area (Å²) in [5, 5.41) is 0. The average Bonchev–Trinajstić information content (AvgIpc) is 2.87. The molecule has 1 heterocycles. The number of ketones is 3.